The molecule has 3 aromatic heterocycles. The van der Waals surface area contributed by atoms with E-state index in [1.807, 2.05) is 0 Å². The van der Waals surface area contributed by atoms with Crippen molar-refractivity contribution in [1.82, 2.24) is 19.4 Å². The van der Waals surface area contributed by atoms with Crippen LogP contribution in [0.25, 0.3) is 10.2 Å². The highest BCUT2D eigenvalue weighted by Gasteiger charge is 2.23. The van der Waals surface area contributed by atoms with Gasteiger partial charge in [0.25, 0.3) is 11.5 Å². The first-order chi connectivity index (χ1) is 11.0. The fraction of sp³-hybridized carbons (Fsp3) is 0.333. The molecule has 0 fully saturated rings. The van der Waals surface area contributed by atoms with Crippen LogP contribution in [-0.2, 0) is 19.9 Å². The SMILES string of the molecule is Cc1nc2sc3c(c2c(=O)n1NC(=O)c1ccn(C)n1)CCC3. The zero-order chi connectivity index (χ0) is 16.1. The van der Waals surface area contributed by atoms with Gasteiger partial charge in [-0.3, -0.25) is 19.7 Å². The Morgan fingerprint density at radius 3 is 2.96 bits per heavy atom. The number of nitrogens with zero attached hydrogens (tertiary/aromatic N) is 4. The molecule has 118 valence electrons. The van der Waals surface area contributed by atoms with Crippen molar-refractivity contribution >= 4 is 27.5 Å². The number of nitrogens with one attached hydrogen (secondary N) is 1. The van der Waals surface area contributed by atoms with Gasteiger partial charge in [-0.1, -0.05) is 0 Å². The number of aryl methyl sites for hydroxylation is 4. The molecule has 0 saturated carbocycles. The van der Waals surface area contributed by atoms with Gasteiger partial charge in [0.2, 0.25) is 0 Å². The zero-order valence-electron chi connectivity index (χ0n) is 12.8. The number of carbonyl (C=O) groups excluding carboxylic acids is 1. The highest BCUT2D eigenvalue weighted by Crippen LogP contribution is 2.34. The van der Waals surface area contributed by atoms with Crippen molar-refractivity contribution in [2.75, 3.05) is 5.43 Å². The molecular weight excluding hydrogens is 314 g/mol. The van der Waals surface area contributed by atoms with E-state index in [1.54, 1.807) is 37.6 Å². The number of hydrogen-bond donors (Lipinski definition) is 1. The average Bonchev–Trinajstić information content (AvgIpc) is 3.18. The number of fused-ring (bicyclic) bond motifs is 3. The maximum Gasteiger partial charge on any atom is 0.290 e. The zero-order valence-corrected chi connectivity index (χ0v) is 13.6. The Labute approximate surface area is 135 Å². The van der Waals surface area contributed by atoms with Crippen LogP contribution in [0.5, 0.6) is 0 Å². The molecule has 3 heterocycles. The summed E-state index contributed by atoms with van der Waals surface area (Å²) >= 11 is 1.59. The Kier molecular flexibility index (Phi) is 3.08. The average molecular weight is 329 g/mol. The van der Waals surface area contributed by atoms with Gasteiger partial charge in [-0.05, 0) is 37.8 Å². The second kappa shape index (κ2) is 5.02. The molecule has 0 saturated heterocycles. The van der Waals surface area contributed by atoms with Gasteiger partial charge in [0.15, 0.2) is 5.69 Å². The summed E-state index contributed by atoms with van der Waals surface area (Å²) < 4.78 is 2.77. The Morgan fingerprint density at radius 2 is 2.22 bits per heavy atom. The van der Waals surface area contributed by atoms with Gasteiger partial charge in [-0.2, -0.15) is 5.10 Å². The van der Waals surface area contributed by atoms with Crippen LogP contribution in [0.2, 0.25) is 0 Å². The lowest BCUT2D eigenvalue weighted by Crippen LogP contribution is -2.35. The normalized spacial score (nSPS) is 13.5. The van der Waals surface area contributed by atoms with E-state index < -0.39 is 5.91 Å². The van der Waals surface area contributed by atoms with Crippen LogP contribution in [0, 0.1) is 6.92 Å². The molecule has 1 N–H and O–H groups in total. The molecule has 1 aliphatic rings. The summed E-state index contributed by atoms with van der Waals surface area (Å²) in [6.45, 7) is 1.71. The topological polar surface area (TPSA) is 81.8 Å². The minimum absolute atomic E-state index is 0.212. The monoisotopic (exact) mass is 329 g/mol. The van der Waals surface area contributed by atoms with Crippen molar-refractivity contribution in [2.45, 2.75) is 26.2 Å². The van der Waals surface area contributed by atoms with Gasteiger partial charge in [0.05, 0.1) is 5.39 Å². The van der Waals surface area contributed by atoms with Crippen molar-refractivity contribution in [3.05, 3.63) is 44.6 Å². The van der Waals surface area contributed by atoms with Crippen LogP contribution in [0.3, 0.4) is 0 Å². The molecule has 0 bridgehead atoms. The molecule has 0 unspecified atom stereocenters. The fourth-order valence-corrected chi connectivity index (χ4v) is 4.27. The summed E-state index contributed by atoms with van der Waals surface area (Å²) in [5.41, 5.74) is 3.76. The summed E-state index contributed by atoms with van der Waals surface area (Å²) in [6, 6.07) is 1.60. The molecule has 7 nitrogen and oxygen atoms in total. The van der Waals surface area contributed by atoms with Crippen LogP contribution in [0.15, 0.2) is 17.1 Å². The smallest absolute Gasteiger partial charge is 0.275 e. The molecule has 3 aromatic rings. The minimum Gasteiger partial charge on any atom is -0.275 e. The standard InChI is InChI=1S/C15H15N5O2S/c1-8-16-14-12(9-4-3-5-11(9)23-14)15(22)20(8)18-13(21)10-6-7-19(2)17-10/h6-7H,3-5H2,1-2H3,(H,18,21). The maximum atomic E-state index is 12.8. The second-order valence-electron chi connectivity index (χ2n) is 5.65. The van der Waals surface area contributed by atoms with Crippen LogP contribution >= 0.6 is 11.3 Å². The van der Waals surface area contributed by atoms with E-state index in [1.165, 1.54) is 14.2 Å². The van der Waals surface area contributed by atoms with E-state index in [0.717, 1.165) is 29.7 Å². The van der Waals surface area contributed by atoms with Crippen LogP contribution in [-0.4, -0.2) is 25.3 Å². The van der Waals surface area contributed by atoms with E-state index in [0.29, 0.717) is 11.2 Å². The first kappa shape index (κ1) is 14.1. The molecule has 0 spiro atoms. The van der Waals surface area contributed by atoms with Gasteiger partial charge < -0.3 is 0 Å². The molecular formula is C15H15N5O2S. The lowest BCUT2D eigenvalue weighted by Gasteiger charge is -2.10. The van der Waals surface area contributed by atoms with Crippen molar-refractivity contribution in [2.24, 2.45) is 7.05 Å². The van der Waals surface area contributed by atoms with Crippen molar-refractivity contribution in [3.63, 3.8) is 0 Å². The minimum atomic E-state index is -0.427. The fourth-order valence-electron chi connectivity index (χ4n) is 2.97. The van der Waals surface area contributed by atoms with Gasteiger partial charge in [-0.25, -0.2) is 9.66 Å². The first-order valence-electron chi connectivity index (χ1n) is 7.39. The molecule has 8 heteroatoms. The predicted molar refractivity (Wildman–Crippen MR) is 87.5 cm³/mol. The maximum absolute atomic E-state index is 12.8. The highest BCUT2D eigenvalue weighted by molar-refractivity contribution is 7.18. The number of amides is 1. The summed E-state index contributed by atoms with van der Waals surface area (Å²) in [4.78, 5) is 31.6. The Hall–Kier alpha value is -2.48. The molecule has 4 rings (SSSR count). The molecule has 0 aliphatic heterocycles. The van der Waals surface area contributed by atoms with E-state index >= 15 is 0 Å². The van der Waals surface area contributed by atoms with Crippen molar-refractivity contribution in [3.8, 4) is 0 Å². The molecule has 23 heavy (non-hydrogen) atoms. The van der Waals surface area contributed by atoms with Crippen molar-refractivity contribution < 1.29 is 4.79 Å². The third kappa shape index (κ3) is 2.17. The van der Waals surface area contributed by atoms with E-state index in [9.17, 15) is 9.59 Å². The largest absolute Gasteiger partial charge is 0.290 e. The van der Waals surface area contributed by atoms with E-state index in [2.05, 4.69) is 15.5 Å². The molecule has 1 amide bonds. The number of carbonyl (C=O) groups is 1. The van der Waals surface area contributed by atoms with Crippen LogP contribution in [0.4, 0.5) is 0 Å². The highest BCUT2D eigenvalue weighted by atomic mass is 32.1. The molecule has 0 aromatic carbocycles. The first-order valence-corrected chi connectivity index (χ1v) is 8.21. The third-order valence-corrected chi connectivity index (χ3v) is 5.25. The second-order valence-corrected chi connectivity index (χ2v) is 6.74. The molecule has 0 radical (unpaired) electrons. The Balaban J connectivity index is 1.81. The predicted octanol–water partition coefficient (Wildman–Crippen LogP) is 1.37. The summed E-state index contributed by atoms with van der Waals surface area (Å²) in [7, 11) is 1.73. The number of aromatic nitrogens is 4. The van der Waals surface area contributed by atoms with Gasteiger partial charge >= 0.3 is 0 Å². The van der Waals surface area contributed by atoms with E-state index in [4.69, 9.17) is 0 Å². The summed E-state index contributed by atoms with van der Waals surface area (Å²) in [6.07, 6.45) is 4.67. The third-order valence-electron chi connectivity index (χ3n) is 4.07. The Morgan fingerprint density at radius 1 is 1.39 bits per heavy atom. The van der Waals surface area contributed by atoms with Crippen molar-refractivity contribution in [1.29, 1.82) is 0 Å². The number of thiophene rings is 1. The quantitative estimate of drug-likeness (QED) is 0.770. The molecule has 1 aliphatic carbocycles. The summed E-state index contributed by atoms with van der Waals surface area (Å²) in [5, 5.41) is 4.69. The van der Waals surface area contributed by atoms with Gasteiger partial charge in [0, 0.05) is 18.1 Å². The lowest BCUT2D eigenvalue weighted by atomic mass is 10.2. The van der Waals surface area contributed by atoms with Crippen LogP contribution < -0.4 is 11.0 Å². The van der Waals surface area contributed by atoms with Gasteiger partial charge in [0.1, 0.15) is 10.7 Å². The lowest BCUT2D eigenvalue weighted by molar-refractivity contribution is 0.100. The molecule has 0 atom stereocenters. The van der Waals surface area contributed by atoms with Crippen LogP contribution in [0.1, 0.15) is 33.2 Å². The Bertz CT molecular complexity index is 997. The summed E-state index contributed by atoms with van der Waals surface area (Å²) in [5.74, 6) is 0.0375. The number of rotatable bonds is 2. The number of hydrogen-bond acceptors (Lipinski definition) is 5. The van der Waals surface area contributed by atoms with E-state index in [-0.39, 0.29) is 11.3 Å². The van der Waals surface area contributed by atoms with Gasteiger partial charge in [-0.15, -0.1) is 11.3 Å².